The molecule has 1 aromatic rings. The third-order valence-corrected chi connectivity index (χ3v) is 5.05. The first kappa shape index (κ1) is 17.4. The number of imide groups is 1. The zero-order valence-corrected chi connectivity index (χ0v) is 14.9. The van der Waals surface area contributed by atoms with E-state index in [1.165, 1.54) is 10.5 Å². The van der Waals surface area contributed by atoms with E-state index in [0.717, 1.165) is 43.9 Å². The number of nitrogens with one attached hydrogen (secondary N) is 1. The topological polar surface area (TPSA) is 52.7 Å². The van der Waals surface area contributed by atoms with Crippen molar-refractivity contribution < 1.29 is 9.59 Å². The van der Waals surface area contributed by atoms with Crippen LogP contribution in [0.25, 0.3) is 0 Å². The first-order valence-corrected chi connectivity index (χ1v) is 8.96. The van der Waals surface area contributed by atoms with Gasteiger partial charge in [0.15, 0.2) is 0 Å². The van der Waals surface area contributed by atoms with Crippen molar-refractivity contribution in [2.24, 2.45) is 0 Å². The van der Waals surface area contributed by atoms with Gasteiger partial charge in [0.25, 0.3) is 0 Å². The lowest BCUT2D eigenvalue weighted by Crippen LogP contribution is -2.43. The summed E-state index contributed by atoms with van der Waals surface area (Å²) in [5.74, 6) is -0.144. The van der Waals surface area contributed by atoms with Gasteiger partial charge in [0.05, 0.1) is 6.54 Å². The van der Waals surface area contributed by atoms with Crippen LogP contribution in [0.15, 0.2) is 12.1 Å². The van der Waals surface area contributed by atoms with Crippen LogP contribution in [0.3, 0.4) is 0 Å². The highest BCUT2D eigenvalue weighted by molar-refractivity contribution is 6.30. The number of halogens is 1. The van der Waals surface area contributed by atoms with Crippen molar-refractivity contribution in [1.29, 1.82) is 0 Å². The average molecular weight is 350 g/mol. The molecule has 130 valence electrons. The molecular formula is C18H24ClN3O2. The fourth-order valence-corrected chi connectivity index (χ4v) is 3.74. The van der Waals surface area contributed by atoms with E-state index in [9.17, 15) is 9.59 Å². The predicted octanol–water partition coefficient (Wildman–Crippen LogP) is 2.09. The van der Waals surface area contributed by atoms with Gasteiger partial charge in [0, 0.05) is 50.6 Å². The number of rotatable bonds is 4. The third kappa shape index (κ3) is 3.97. The van der Waals surface area contributed by atoms with Gasteiger partial charge in [-0.05, 0) is 42.2 Å². The fraction of sp³-hybridized carbons (Fsp3) is 0.556. The first-order chi connectivity index (χ1) is 11.5. The summed E-state index contributed by atoms with van der Waals surface area (Å²) >= 11 is 6.24. The Morgan fingerprint density at radius 3 is 2.42 bits per heavy atom. The summed E-state index contributed by atoms with van der Waals surface area (Å²) in [4.78, 5) is 28.1. The summed E-state index contributed by atoms with van der Waals surface area (Å²) in [5.41, 5.74) is 3.29. The highest BCUT2D eigenvalue weighted by atomic mass is 35.5. The maximum Gasteiger partial charge on any atom is 0.229 e. The second kappa shape index (κ2) is 7.64. The van der Waals surface area contributed by atoms with E-state index in [4.69, 9.17) is 11.6 Å². The van der Waals surface area contributed by atoms with E-state index in [-0.39, 0.29) is 11.8 Å². The molecule has 3 rings (SSSR count). The van der Waals surface area contributed by atoms with Gasteiger partial charge >= 0.3 is 0 Å². The molecule has 1 N–H and O–H groups in total. The van der Waals surface area contributed by atoms with Gasteiger partial charge in [-0.15, -0.1) is 0 Å². The maximum absolute atomic E-state index is 12.1. The molecule has 2 aliphatic rings. The van der Waals surface area contributed by atoms with E-state index in [2.05, 4.69) is 10.2 Å². The number of aryl methyl sites for hydroxylation is 1. The van der Waals surface area contributed by atoms with Crippen LogP contribution in [0.2, 0.25) is 5.02 Å². The summed E-state index contributed by atoms with van der Waals surface area (Å²) in [5, 5.41) is 4.01. The number of hydrogen-bond acceptors (Lipinski definition) is 4. The maximum atomic E-state index is 12.1. The molecule has 2 saturated heterocycles. The molecule has 0 bridgehead atoms. The van der Waals surface area contributed by atoms with E-state index in [1.807, 2.05) is 19.1 Å². The summed E-state index contributed by atoms with van der Waals surface area (Å²) in [6.07, 6.45) is 1.58. The van der Waals surface area contributed by atoms with Crippen LogP contribution in [-0.2, 0) is 22.7 Å². The van der Waals surface area contributed by atoms with Crippen LogP contribution < -0.4 is 5.32 Å². The number of piperidine rings is 1. The van der Waals surface area contributed by atoms with Gasteiger partial charge in [-0.25, -0.2) is 0 Å². The van der Waals surface area contributed by atoms with E-state index in [1.54, 1.807) is 0 Å². The predicted molar refractivity (Wildman–Crippen MR) is 93.7 cm³/mol. The van der Waals surface area contributed by atoms with Gasteiger partial charge in [-0.1, -0.05) is 11.6 Å². The number of likely N-dealkylation sites (tertiary alicyclic amines) is 1. The number of benzene rings is 1. The van der Waals surface area contributed by atoms with Crippen molar-refractivity contribution in [2.45, 2.75) is 39.3 Å². The van der Waals surface area contributed by atoms with Crippen LogP contribution in [0.4, 0.5) is 0 Å². The molecule has 24 heavy (non-hydrogen) atoms. The summed E-state index contributed by atoms with van der Waals surface area (Å²) < 4.78 is 0. The van der Waals surface area contributed by atoms with Crippen molar-refractivity contribution in [3.63, 3.8) is 0 Å². The van der Waals surface area contributed by atoms with Crippen LogP contribution in [0, 0.1) is 6.92 Å². The van der Waals surface area contributed by atoms with Crippen LogP contribution >= 0.6 is 11.6 Å². The molecule has 0 spiro atoms. The minimum absolute atomic E-state index is 0.0722. The Labute approximate surface area is 147 Å². The summed E-state index contributed by atoms with van der Waals surface area (Å²) in [6.45, 7) is 7.20. The van der Waals surface area contributed by atoms with Crippen LogP contribution in [0.5, 0.6) is 0 Å². The quantitative estimate of drug-likeness (QED) is 0.846. The Hall–Kier alpha value is -1.43. The average Bonchev–Trinajstić information content (AvgIpc) is 2.55. The normalized spacial score (nSPS) is 19.8. The van der Waals surface area contributed by atoms with Gasteiger partial charge < -0.3 is 5.32 Å². The van der Waals surface area contributed by atoms with Crippen LogP contribution in [0.1, 0.15) is 36.0 Å². The molecule has 6 heteroatoms. The van der Waals surface area contributed by atoms with E-state index in [0.29, 0.717) is 30.8 Å². The molecule has 0 radical (unpaired) electrons. The lowest BCUT2D eigenvalue weighted by molar-refractivity contribution is -0.148. The van der Waals surface area contributed by atoms with Crippen LogP contribution in [-0.4, -0.2) is 47.8 Å². The van der Waals surface area contributed by atoms with Crippen molar-refractivity contribution in [3.05, 3.63) is 33.8 Å². The monoisotopic (exact) mass is 349 g/mol. The molecule has 5 nitrogen and oxygen atoms in total. The van der Waals surface area contributed by atoms with Gasteiger partial charge in [0.1, 0.15) is 0 Å². The minimum Gasteiger partial charge on any atom is -0.314 e. The van der Waals surface area contributed by atoms with Gasteiger partial charge in [-0.2, -0.15) is 0 Å². The van der Waals surface area contributed by atoms with Crippen molar-refractivity contribution >= 4 is 23.4 Å². The van der Waals surface area contributed by atoms with Crippen molar-refractivity contribution in [2.75, 3.05) is 26.2 Å². The Morgan fingerprint density at radius 2 is 1.75 bits per heavy atom. The van der Waals surface area contributed by atoms with Crippen molar-refractivity contribution in [1.82, 2.24) is 15.1 Å². The van der Waals surface area contributed by atoms with Gasteiger partial charge in [-0.3, -0.25) is 19.4 Å². The van der Waals surface area contributed by atoms with E-state index < -0.39 is 0 Å². The SMILES string of the molecule is Cc1cc(Cl)cc(CN2C(=O)CCCC2=O)c1CN1CCNCC1. The number of nitrogens with zero attached hydrogens (tertiary/aromatic N) is 2. The molecule has 0 unspecified atom stereocenters. The van der Waals surface area contributed by atoms with E-state index >= 15 is 0 Å². The first-order valence-electron chi connectivity index (χ1n) is 8.59. The molecule has 0 aromatic heterocycles. The Bertz CT molecular complexity index is 625. The number of piperazine rings is 1. The molecule has 2 amide bonds. The smallest absolute Gasteiger partial charge is 0.229 e. The zero-order valence-electron chi connectivity index (χ0n) is 14.1. The van der Waals surface area contributed by atoms with Crippen molar-refractivity contribution in [3.8, 4) is 0 Å². The fourth-order valence-electron chi connectivity index (χ4n) is 3.45. The molecule has 2 fully saturated rings. The number of carbonyl (C=O) groups excluding carboxylic acids is 2. The minimum atomic E-state index is -0.0722. The zero-order chi connectivity index (χ0) is 17.1. The summed E-state index contributed by atoms with van der Waals surface area (Å²) in [6, 6.07) is 3.86. The number of carbonyl (C=O) groups is 2. The lowest BCUT2D eigenvalue weighted by Gasteiger charge is -2.30. The third-order valence-electron chi connectivity index (χ3n) is 4.83. The highest BCUT2D eigenvalue weighted by Crippen LogP contribution is 2.25. The largest absolute Gasteiger partial charge is 0.314 e. The molecule has 0 saturated carbocycles. The Kier molecular flexibility index (Phi) is 5.54. The molecule has 1 aromatic carbocycles. The second-order valence-corrected chi connectivity index (χ2v) is 7.05. The standard InChI is InChI=1S/C18H24ClN3O2/c1-13-9-15(19)10-14(11-22-17(23)3-2-4-18(22)24)16(13)12-21-7-5-20-6-8-21/h9-10,20H,2-8,11-12H2,1H3. The summed E-state index contributed by atoms with van der Waals surface area (Å²) in [7, 11) is 0. The molecule has 2 heterocycles. The Morgan fingerprint density at radius 1 is 1.08 bits per heavy atom. The molecule has 2 aliphatic heterocycles. The Balaban J connectivity index is 1.85. The van der Waals surface area contributed by atoms with Gasteiger partial charge in [0.2, 0.25) is 11.8 Å². The number of amides is 2. The molecule has 0 atom stereocenters. The lowest BCUT2D eigenvalue weighted by atomic mass is 9.99. The highest BCUT2D eigenvalue weighted by Gasteiger charge is 2.27. The number of hydrogen-bond donors (Lipinski definition) is 1. The second-order valence-electron chi connectivity index (χ2n) is 6.61. The molecule has 0 aliphatic carbocycles. The molecular weight excluding hydrogens is 326 g/mol.